The molecule has 2 rings (SSSR count). The van der Waals surface area contributed by atoms with Gasteiger partial charge in [0.1, 0.15) is 0 Å². The molecule has 1 atom stereocenters. The minimum absolute atomic E-state index is 0.451. The fourth-order valence-electron chi connectivity index (χ4n) is 2.77. The van der Waals surface area contributed by atoms with Gasteiger partial charge in [0, 0.05) is 25.2 Å². The second-order valence-corrected chi connectivity index (χ2v) is 5.22. The zero-order chi connectivity index (χ0) is 14.5. The number of nitrogens with zero attached hydrogens (tertiary/aromatic N) is 2. The highest BCUT2D eigenvalue weighted by Crippen LogP contribution is 2.22. The molecule has 0 radical (unpaired) electrons. The molecule has 0 spiro atoms. The van der Waals surface area contributed by atoms with E-state index in [9.17, 15) is 14.5 Å². The molecular formula is C14H20FN3O2. The van der Waals surface area contributed by atoms with Crippen LogP contribution in [0.15, 0.2) is 18.2 Å². The summed E-state index contributed by atoms with van der Waals surface area (Å²) in [5.41, 5.74) is 0.329. The summed E-state index contributed by atoms with van der Waals surface area (Å²) in [6.45, 7) is 2.54. The van der Waals surface area contributed by atoms with Gasteiger partial charge < -0.3 is 5.32 Å². The van der Waals surface area contributed by atoms with Crippen LogP contribution in [0.1, 0.15) is 24.8 Å². The van der Waals surface area contributed by atoms with Crippen molar-refractivity contribution in [2.24, 2.45) is 0 Å². The van der Waals surface area contributed by atoms with E-state index in [-0.39, 0.29) is 0 Å². The molecule has 1 N–H and O–H groups in total. The smallest absolute Gasteiger partial charge is 0.304 e. The molecule has 20 heavy (non-hydrogen) atoms. The SMILES string of the molecule is CNCC1CCCCN1Cc1ccc([N+](=O)[O-])c(F)c1. The number of rotatable bonds is 5. The summed E-state index contributed by atoms with van der Waals surface area (Å²) in [6.07, 6.45) is 3.50. The summed E-state index contributed by atoms with van der Waals surface area (Å²) in [5, 5.41) is 13.8. The van der Waals surface area contributed by atoms with Crippen LogP contribution >= 0.6 is 0 Å². The van der Waals surface area contributed by atoms with Crippen molar-refractivity contribution in [2.45, 2.75) is 31.8 Å². The molecule has 0 amide bonds. The van der Waals surface area contributed by atoms with Crippen molar-refractivity contribution in [1.29, 1.82) is 0 Å². The average molecular weight is 281 g/mol. The van der Waals surface area contributed by atoms with Crippen LogP contribution in [-0.4, -0.2) is 36.0 Å². The van der Waals surface area contributed by atoms with Crippen LogP contribution in [0.2, 0.25) is 0 Å². The first kappa shape index (κ1) is 14.9. The molecule has 0 aliphatic carbocycles. The topological polar surface area (TPSA) is 58.4 Å². The number of benzene rings is 1. The maximum absolute atomic E-state index is 13.6. The summed E-state index contributed by atoms with van der Waals surface area (Å²) in [6, 6.07) is 4.63. The second-order valence-electron chi connectivity index (χ2n) is 5.22. The molecule has 1 saturated heterocycles. The van der Waals surface area contributed by atoms with Gasteiger partial charge >= 0.3 is 5.69 Å². The van der Waals surface area contributed by atoms with E-state index < -0.39 is 16.4 Å². The second kappa shape index (κ2) is 6.76. The molecule has 0 aromatic heterocycles. The lowest BCUT2D eigenvalue weighted by Gasteiger charge is -2.35. The molecule has 1 fully saturated rings. The van der Waals surface area contributed by atoms with Crippen molar-refractivity contribution in [1.82, 2.24) is 10.2 Å². The normalized spacial score (nSPS) is 20.0. The lowest BCUT2D eigenvalue weighted by atomic mass is 10.0. The van der Waals surface area contributed by atoms with Gasteiger partial charge in [-0.2, -0.15) is 4.39 Å². The number of piperidine rings is 1. The third kappa shape index (κ3) is 3.52. The number of nitro groups is 1. The molecule has 5 nitrogen and oxygen atoms in total. The largest absolute Gasteiger partial charge is 0.318 e. The van der Waals surface area contributed by atoms with Crippen LogP contribution in [0.3, 0.4) is 0 Å². The molecule has 6 heteroatoms. The zero-order valence-corrected chi connectivity index (χ0v) is 11.6. The van der Waals surface area contributed by atoms with E-state index in [4.69, 9.17) is 0 Å². The summed E-state index contributed by atoms with van der Waals surface area (Å²) in [7, 11) is 1.93. The number of likely N-dealkylation sites (tertiary alicyclic amines) is 1. The Morgan fingerprint density at radius 2 is 2.30 bits per heavy atom. The Kier molecular flexibility index (Phi) is 5.03. The summed E-state index contributed by atoms with van der Waals surface area (Å²) >= 11 is 0. The van der Waals surface area contributed by atoms with Crippen molar-refractivity contribution in [3.63, 3.8) is 0 Å². The quantitative estimate of drug-likeness (QED) is 0.664. The highest BCUT2D eigenvalue weighted by molar-refractivity contribution is 5.35. The van der Waals surface area contributed by atoms with E-state index in [1.165, 1.54) is 18.6 Å². The van der Waals surface area contributed by atoms with E-state index in [1.54, 1.807) is 6.07 Å². The van der Waals surface area contributed by atoms with Crippen LogP contribution in [0, 0.1) is 15.9 Å². The predicted molar refractivity (Wildman–Crippen MR) is 75.0 cm³/mol. The van der Waals surface area contributed by atoms with E-state index in [1.807, 2.05) is 7.05 Å². The van der Waals surface area contributed by atoms with E-state index in [0.29, 0.717) is 12.6 Å². The van der Waals surface area contributed by atoms with Gasteiger partial charge in [-0.3, -0.25) is 15.0 Å². The Bertz CT molecular complexity index is 479. The molecule has 0 bridgehead atoms. The van der Waals surface area contributed by atoms with Gasteiger partial charge in [-0.1, -0.05) is 12.5 Å². The van der Waals surface area contributed by atoms with Crippen molar-refractivity contribution in [3.05, 3.63) is 39.7 Å². The standard InChI is InChI=1S/C14H20FN3O2/c1-16-9-12-4-2-3-7-17(12)10-11-5-6-14(18(19)20)13(15)8-11/h5-6,8,12,16H,2-4,7,9-10H2,1H3. The molecule has 1 unspecified atom stereocenters. The predicted octanol–water partition coefficient (Wildman–Crippen LogP) is 2.31. The van der Waals surface area contributed by atoms with Crippen LogP contribution in [0.25, 0.3) is 0 Å². The third-order valence-electron chi connectivity index (χ3n) is 3.78. The van der Waals surface area contributed by atoms with Crippen molar-refractivity contribution in [2.75, 3.05) is 20.1 Å². The number of hydrogen-bond acceptors (Lipinski definition) is 4. The minimum atomic E-state index is -0.755. The third-order valence-corrected chi connectivity index (χ3v) is 3.78. The molecular weight excluding hydrogens is 261 g/mol. The monoisotopic (exact) mass is 281 g/mol. The molecule has 0 saturated carbocycles. The van der Waals surface area contributed by atoms with Crippen molar-refractivity contribution in [3.8, 4) is 0 Å². The van der Waals surface area contributed by atoms with Gasteiger partial charge in [0.25, 0.3) is 0 Å². The van der Waals surface area contributed by atoms with Crippen LogP contribution in [0.5, 0.6) is 0 Å². The molecule has 1 heterocycles. The number of likely N-dealkylation sites (N-methyl/N-ethyl adjacent to an activating group) is 1. The highest BCUT2D eigenvalue weighted by atomic mass is 19.1. The zero-order valence-electron chi connectivity index (χ0n) is 11.6. The Hall–Kier alpha value is -1.53. The van der Waals surface area contributed by atoms with Crippen LogP contribution < -0.4 is 5.32 Å². The number of nitrogens with one attached hydrogen (secondary N) is 1. The lowest BCUT2D eigenvalue weighted by Crippen LogP contribution is -2.44. The molecule has 110 valence electrons. The molecule has 1 aliphatic rings. The van der Waals surface area contributed by atoms with Crippen molar-refractivity contribution < 1.29 is 9.31 Å². The first-order valence-corrected chi connectivity index (χ1v) is 6.93. The Balaban J connectivity index is 2.08. The average Bonchev–Trinajstić information content (AvgIpc) is 2.41. The number of nitro benzene ring substituents is 1. The molecule has 1 aromatic rings. The van der Waals surface area contributed by atoms with Crippen molar-refractivity contribution >= 4 is 5.69 Å². The summed E-state index contributed by atoms with van der Waals surface area (Å²) < 4.78 is 13.6. The maximum Gasteiger partial charge on any atom is 0.304 e. The van der Waals surface area contributed by atoms with Crippen LogP contribution in [-0.2, 0) is 6.54 Å². The summed E-state index contributed by atoms with van der Waals surface area (Å²) in [4.78, 5) is 12.2. The van der Waals surface area contributed by atoms with Gasteiger partial charge in [0.05, 0.1) is 4.92 Å². The summed E-state index contributed by atoms with van der Waals surface area (Å²) in [5.74, 6) is -0.755. The Morgan fingerprint density at radius 3 is 2.95 bits per heavy atom. The minimum Gasteiger partial charge on any atom is -0.318 e. The first-order valence-electron chi connectivity index (χ1n) is 6.93. The number of halogens is 1. The van der Waals surface area contributed by atoms with Gasteiger partial charge in [-0.05, 0) is 38.1 Å². The van der Waals surface area contributed by atoms with E-state index in [0.717, 1.165) is 31.5 Å². The number of hydrogen-bond donors (Lipinski definition) is 1. The Labute approximate surface area is 117 Å². The van der Waals surface area contributed by atoms with Crippen LogP contribution in [0.4, 0.5) is 10.1 Å². The molecule has 1 aliphatic heterocycles. The van der Waals surface area contributed by atoms with Gasteiger partial charge in [0.15, 0.2) is 0 Å². The fraction of sp³-hybridized carbons (Fsp3) is 0.571. The fourth-order valence-corrected chi connectivity index (χ4v) is 2.77. The van der Waals surface area contributed by atoms with E-state index >= 15 is 0 Å². The first-order chi connectivity index (χ1) is 9.61. The Morgan fingerprint density at radius 1 is 1.50 bits per heavy atom. The maximum atomic E-state index is 13.6. The van der Waals surface area contributed by atoms with Gasteiger partial charge in [-0.15, -0.1) is 0 Å². The van der Waals surface area contributed by atoms with Gasteiger partial charge in [-0.25, -0.2) is 0 Å². The molecule has 1 aromatic carbocycles. The highest BCUT2D eigenvalue weighted by Gasteiger charge is 2.22. The van der Waals surface area contributed by atoms with Gasteiger partial charge in [0.2, 0.25) is 5.82 Å². The lowest BCUT2D eigenvalue weighted by molar-refractivity contribution is -0.387. The van der Waals surface area contributed by atoms with E-state index in [2.05, 4.69) is 10.2 Å².